The minimum atomic E-state index is -0.855. The van der Waals surface area contributed by atoms with Crippen molar-refractivity contribution < 1.29 is 14.0 Å². The maximum atomic E-state index is 13.9. The SMILES string of the molecule is CC(C)(C)C(NC(=O)c1nn(CC2CCCCC2)c2ccc(F)cc12)C(N)=O. The highest BCUT2D eigenvalue weighted by molar-refractivity contribution is 6.06. The zero-order chi connectivity index (χ0) is 20.5. The second kappa shape index (κ2) is 7.89. The predicted molar refractivity (Wildman–Crippen MR) is 106 cm³/mol. The van der Waals surface area contributed by atoms with Crippen LogP contribution in [0.4, 0.5) is 4.39 Å². The molecule has 1 heterocycles. The Morgan fingerprint density at radius 3 is 2.57 bits per heavy atom. The molecule has 1 aliphatic rings. The summed E-state index contributed by atoms with van der Waals surface area (Å²) in [6.07, 6.45) is 5.95. The van der Waals surface area contributed by atoms with E-state index >= 15 is 0 Å². The molecule has 2 amide bonds. The molecule has 1 atom stereocenters. The Labute approximate surface area is 164 Å². The van der Waals surface area contributed by atoms with Crippen molar-refractivity contribution in [3.63, 3.8) is 0 Å². The first-order chi connectivity index (χ1) is 13.2. The summed E-state index contributed by atoms with van der Waals surface area (Å²) in [6.45, 7) is 6.17. The first kappa shape index (κ1) is 20.3. The number of nitrogens with two attached hydrogens (primary N) is 1. The van der Waals surface area contributed by atoms with Crippen LogP contribution in [0.15, 0.2) is 18.2 Å². The third-order valence-electron chi connectivity index (χ3n) is 5.51. The largest absolute Gasteiger partial charge is 0.368 e. The molecule has 1 saturated carbocycles. The van der Waals surface area contributed by atoms with E-state index in [0.29, 0.717) is 17.8 Å². The van der Waals surface area contributed by atoms with Gasteiger partial charge in [-0.05, 0) is 42.4 Å². The highest BCUT2D eigenvalue weighted by atomic mass is 19.1. The van der Waals surface area contributed by atoms with Crippen LogP contribution < -0.4 is 11.1 Å². The molecule has 1 fully saturated rings. The topological polar surface area (TPSA) is 90.0 Å². The molecule has 0 aliphatic heterocycles. The lowest BCUT2D eigenvalue weighted by molar-refractivity contribution is -0.122. The van der Waals surface area contributed by atoms with E-state index in [0.717, 1.165) is 18.4 Å². The van der Waals surface area contributed by atoms with Crippen molar-refractivity contribution in [3.8, 4) is 0 Å². The zero-order valence-corrected chi connectivity index (χ0v) is 16.8. The standard InChI is InChI=1S/C21H29FN4O2/c1-21(2,3)18(19(23)27)24-20(28)17-15-11-14(22)9-10-16(15)26(25-17)12-13-7-5-4-6-8-13/h9-11,13,18H,4-8,12H2,1-3H3,(H2,23,27)(H,24,28). The Hall–Kier alpha value is -2.44. The van der Waals surface area contributed by atoms with E-state index in [2.05, 4.69) is 10.4 Å². The minimum Gasteiger partial charge on any atom is -0.368 e. The first-order valence-electron chi connectivity index (χ1n) is 9.93. The fourth-order valence-corrected chi connectivity index (χ4v) is 3.99. The number of hydrogen-bond acceptors (Lipinski definition) is 3. The van der Waals surface area contributed by atoms with E-state index in [1.807, 2.05) is 20.8 Å². The molecule has 0 spiro atoms. The molecule has 7 heteroatoms. The number of benzene rings is 1. The van der Waals surface area contributed by atoms with E-state index in [4.69, 9.17) is 5.73 Å². The number of primary amides is 1. The van der Waals surface area contributed by atoms with Gasteiger partial charge in [0.1, 0.15) is 11.9 Å². The highest BCUT2D eigenvalue weighted by Crippen LogP contribution is 2.28. The third-order valence-corrected chi connectivity index (χ3v) is 5.51. The summed E-state index contributed by atoms with van der Waals surface area (Å²) in [5.41, 5.74) is 5.78. The lowest BCUT2D eigenvalue weighted by Crippen LogP contribution is -2.52. The molecule has 152 valence electrons. The fraction of sp³-hybridized carbons (Fsp3) is 0.571. The summed E-state index contributed by atoms with van der Waals surface area (Å²) in [5.74, 6) is -1.05. The van der Waals surface area contributed by atoms with Crippen LogP contribution in [-0.4, -0.2) is 27.6 Å². The van der Waals surface area contributed by atoms with Crippen LogP contribution in [0.25, 0.3) is 10.9 Å². The Balaban J connectivity index is 1.94. The summed E-state index contributed by atoms with van der Waals surface area (Å²) in [5, 5.41) is 7.64. The summed E-state index contributed by atoms with van der Waals surface area (Å²) >= 11 is 0. The van der Waals surface area contributed by atoms with Gasteiger partial charge in [-0.2, -0.15) is 5.10 Å². The molecule has 1 aromatic carbocycles. The monoisotopic (exact) mass is 388 g/mol. The number of rotatable bonds is 5. The lowest BCUT2D eigenvalue weighted by atomic mass is 9.86. The van der Waals surface area contributed by atoms with E-state index < -0.39 is 29.1 Å². The highest BCUT2D eigenvalue weighted by Gasteiger charge is 2.32. The zero-order valence-electron chi connectivity index (χ0n) is 16.8. The van der Waals surface area contributed by atoms with Gasteiger partial charge < -0.3 is 11.1 Å². The predicted octanol–water partition coefficient (Wildman–Crippen LogP) is 3.39. The molecule has 3 rings (SSSR count). The van der Waals surface area contributed by atoms with Crippen molar-refractivity contribution in [1.82, 2.24) is 15.1 Å². The van der Waals surface area contributed by atoms with Crippen LogP contribution in [-0.2, 0) is 11.3 Å². The molecule has 0 radical (unpaired) electrons. The summed E-state index contributed by atoms with van der Waals surface area (Å²) in [7, 11) is 0. The van der Waals surface area contributed by atoms with Crippen LogP contribution in [0.5, 0.6) is 0 Å². The van der Waals surface area contributed by atoms with Crippen LogP contribution in [0, 0.1) is 17.2 Å². The molecule has 0 saturated heterocycles. The maximum absolute atomic E-state index is 13.9. The molecule has 6 nitrogen and oxygen atoms in total. The van der Waals surface area contributed by atoms with E-state index in [-0.39, 0.29) is 5.69 Å². The number of halogens is 1. The van der Waals surface area contributed by atoms with Gasteiger partial charge in [0.25, 0.3) is 5.91 Å². The average molecular weight is 388 g/mol. The van der Waals surface area contributed by atoms with Crippen LogP contribution in [0.1, 0.15) is 63.4 Å². The normalized spacial score (nSPS) is 16.9. The quantitative estimate of drug-likeness (QED) is 0.823. The molecule has 3 N–H and O–H groups in total. The van der Waals surface area contributed by atoms with Gasteiger partial charge in [-0.25, -0.2) is 4.39 Å². The second-order valence-electron chi connectivity index (χ2n) is 8.87. The molecule has 0 bridgehead atoms. The van der Waals surface area contributed by atoms with Crippen LogP contribution in [0.2, 0.25) is 0 Å². The fourth-order valence-electron chi connectivity index (χ4n) is 3.99. The number of carbonyl (C=O) groups excluding carboxylic acids is 2. The van der Waals surface area contributed by atoms with Gasteiger partial charge in [0.05, 0.1) is 5.52 Å². The van der Waals surface area contributed by atoms with Crippen molar-refractivity contribution in [3.05, 3.63) is 29.7 Å². The molecule has 1 unspecified atom stereocenters. The number of nitrogens with one attached hydrogen (secondary N) is 1. The number of fused-ring (bicyclic) bond motifs is 1. The molecule has 1 aliphatic carbocycles. The third kappa shape index (κ3) is 4.34. The number of aromatic nitrogens is 2. The minimum absolute atomic E-state index is 0.126. The van der Waals surface area contributed by atoms with E-state index in [1.54, 1.807) is 10.7 Å². The lowest BCUT2D eigenvalue weighted by Gasteiger charge is -2.28. The van der Waals surface area contributed by atoms with Gasteiger partial charge in [0.15, 0.2) is 5.69 Å². The molecule has 1 aromatic heterocycles. The van der Waals surface area contributed by atoms with Crippen molar-refractivity contribution >= 4 is 22.7 Å². The summed E-state index contributed by atoms with van der Waals surface area (Å²) in [4.78, 5) is 24.7. The van der Waals surface area contributed by atoms with Crippen molar-refractivity contribution in [1.29, 1.82) is 0 Å². The average Bonchev–Trinajstić information content (AvgIpc) is 2.96. The van der Waals surface area contributed by atoms with Crippen molar-refractivity contribution in [2.45, 2.75) is 65.5 Å². The van der Waals surface area contributed by atoms with E-state index in [1.165, 1.54) is 31.4 Å². The molecule has 2 aromatic rings. The first-order valence-corrected chi connectivity index (χ1v) is 9.93. The Bertz CT molecular complexity index is 878. The Kier molecular flexibility index (Phi) is 5.72. The Morgan fingerprint density at radius 2 is 1.96 bits per heavy atom. The van der Waals surface area contributed by atoms with Crippen LogP contribution in [0.3, 0.4) is 0 Å². The number of nitrogens with zero attached hydrogens (tertiary/aromatic N) is 2. The molecule has 28 heavy (non-hydrogen) atoms. The van der Waals surface area contributed by atoms with Crippen LogP contribution >= 0.6 is 0 Å². The smallest absolute Gasteiger partial charge is 0.273 e. The summed E-state index contributed by atoms with van der Waals surface area (Å²) in [6, 6.07) is 3.51. The van der Waals surface area contributed by atoms with Gasteiger partial charge >= 0.3 is 0 Å². The van der Waals surface area contributed by atoms with Gasteiger partial charge in [-0.15, -0.1) is 0 Å². The Morgan fingerprint density at radius 1 is 1.29 bits per heavy atom. The number of carbonyl (C=O) groups is 2. The van der Waals surface area contributed by atoms with Gasteiger partial charge in [0, 0.05) is 11.9 Å². The number of hydrogen-bond donors (Lipinski definition) is 2. The summed E-state index contributed by atoms with van der Waals surface area (Å²) < 4.78 is 15.7. The van der Waals surface area contributed by atoms with E-state index in [9.17, 15) is 14.0 Å². The van der Waals surface area contributed by atoms with Crippen molar-refractivity contribution in [2.24, 2.45) is 17.1 Å². The molecular formula is C21H29FN4O2. The van der Waals surface area contributed by atoms with Gasteiger partial charge in [-0.3, -0.25) is 14.3 Å². The van der Waals surface area contributed by atoms with Crippen molar-refractivity contribution in [2.75, 3.05) is 0 Å². The number of amides is 2. The van der Waals surface area contributed by atoms with Gasteiger partial charge in [-0.1, -0.05) is 40.0 Å². The second-order valence-corrected chi connectivity index (χ2v) is 8.87. The van der Waals surface area contributed by atoms with Gasteiger partial charge in [0.2, 0.25) is 5.91 Å². The molecular weight excluding hydrogens is 359 g/mol. The maximum Gasteiger partial charge on any atom is 0.273 e.